The summed E-state index contributed by atoms with van der Waals surface area (Å²) in [4.78, 5) is 0. The first-order chi connectivity index (χ1) is 9.57. The molecule has 1 heterocycles. The Labute approximate surface area is 123 Å². The summed E-state index contributed by atoms with van der Waals surface area (Å²) >= 11 is 0. The van der Waals surface area contributed by atoms with Crippen LogP contribution in [0.15, 0.2) is 62.8 Å². The molecule has 0 aromatic heterocycles. The standard InChI is InChI=1S/C18H27NO/c1-5-10-16-11-9-15-17(19-16,12-6-2)18(20,13-7-3)14-8-4/h5-9,15-16,19-20H,1-4,10-14H2/t16-,17+/m1/s1. The van der Waals surface area contributed by atoms with Crippen LogP contribution in [-0.4, -0.2) is 22.3 Å². The molecule has 0 aromatic carbocycles. The SMILES string of the molecule is C=CC[C@@H]1CC=C[C@@](CC=C)(C(O)(CC=C)CC=C)N1. The first-order valence-electron chi connectivity index (χ1n) is 7.19. The van der Waals surface area contributed by atoms with Gasteiger partial charge in [0.2, 0.25) is 0 Å². The van der Waals surface area contributed by atoms with Crippen molar-refractivity contribution in [2.45, 2.75) is 49.3 Å². The van der Waals surface area contributed by atoms with Gasteiger partial charge < -0.3 is 10.4 Å². The van der Waals surface area contributed by atoms with E-state index in [0.29, 0.717) is 25.3 Å². The summed E-state index contributed by atoms with van der Waals surface area (Å²) < 4.78 is 0. The summed E-state index contributed by atoms with van der Waals surface area (Å²) in [6.45, 7) is 15.2. The van der Waals surface area contributed by atoms with Gasteiger partial charge in [-0.15, -0.1) is 26.3 Å². The number of hydrogen-bond acceptors (Lipinski definition) is 2. The second kappa shape index (κ2) is 7.41. The van der Waals surface area contributed by atoms with Crippen LogP contribution in [0.2, 0.25) is 0 Å². The summed E-state index contributed by atoms with van der Waals surface area (Å²) in [6.07, 6.45) is 15.0. The fourth-order valence-corrected chi connectivity index (χ4v) is 3.02. The predicted molar refractivity (Wildman–Crippen MR) is 87.6 cm³/mol. The van der Waals surface area contributed by atoms with Gasteiger partial charge in [0, 0.05) is 6.04 Å². The minimum Gasteiger partial charge on any atom is -0.387 e. The van der Waals surface area contributed by atoms with E-state index in [0.717, 1.165) is 12.8 Å². The van der Waals surface area contributed by atoms with Crippen molar-refractivity contribution in [2.24, 2.45) is 0 Å². The second-order valence-corrected chi connectivity index (χ2v) is 5.49. The lowest BCUT2D eigenvalue weighted by Crippen LogP contribution is -2.65. The molecule has 0 unspecified atom stereocenters. The molecule has 0 amide bonds. The molecule has 0 bridgehead atoms. The van der Waals surface area contributed by atoms with Crippen LogP contribution >= 0.6 is 0 Å². The van der Waals surface area contributed by atoms with Crippen LogP contribution in [0.25, 0.3) is 0 Å². The van der Waals surface area contributed by atoms with Crippen LogP contribution in [0.3, 0.4) is 0 Å². The third-order valence-corrected chi connectivity index (χ3v) is 4.00. The molecule has 0 aliphatic carbocycles. The summed E-state index contributed by atoms with van der Waals surface area (Å²) in [5, 5.41) is 14.8. The van der Waals surface area contributed by atoms with E-state index in [2.05, 4.69) is 43.8 Å². The molecule has 0 aromatic rings. The maximum absolute atomic E-state index is 11.2. The molecular formula is C18H27NO. The van der Waals surface area contributed by atoms with Gasteiger partial charge >= 0.3 is 0 Å². The van der Waals surface area contributed by atoms with Crippen molar-refractivity contribution in [1.82, 2.24) is 5.32 Å². The first kappa shape index (κ1) is 16.7. The van der Waals surface area contributed by atoms with E-state index in [4.69, 9.17) is 0 Å². The molecule has 0 radical (unpaired) electrons. The molecule has 1 aliphatic rings. The average Bonchev–Trinajstić information content (AvgIpc) is 2.40. The van der Waals surface area contributed by atoms with Gasteiger partial charge in [-0.1, -0.05) is 36.5 Å². The molecule has 1 aliphatic heterocycles. The molecule has 0 fully saturated rings. The van der Waals surface area contributed by atoms with Crippen LogP contribution < -0.4 is 5.32 Å². The van der Waals surface area contributed by atoms with Crippen molar-refractivity contribution in [2.75, 3.05) is 0 Å². The van der Waals surface area contributed by atoms with Gasteiger partial charge in [-0.3, -0.25) is 0 Å². The molecule has 2 nitrogen and oxygen atoms in total. The summed E-state index contributed by atoms with van der Waals surface area (Å²) in [6, 6.07) is 0.290. The average molecular weight is 273 g/mol. The van der Waals surface area contributed by atoms with E-state index in [-0.39, 0.29) is 0 Å². The molecular weight excluding hydrogens is 246 g/mol. The maximum Gasteiger partial charge on any atom is 0.0935 e. The van der Waals surface area contributed by atoms with Gasteiger partial charge in [0.25, 0.3) is 0 Å². The van der Waals surface area contributed by atoms with Crippen molar-refractivity contribution in [3.05, 3.63) is 62.8 Å². The minimum atomic E-state index is -0.943. The Morgan fingerprint density at radius 2 is 1.80 bits per heavy atom. The Hall–Kier alpha value is -1.38. The number of hydrogen-bond donors (Lipinski definition) is 2. The van der Waals surface area contributed by atoms with Gasteiger partial charge in [-0.25, -0.2) is 0 Å². The molecule has 1 rings (SSSR count). The van der Waals surface area contributed by atoms with Crippen molar-refractivity contribution in [3.8, 4) is 0 Å². The Morgan fingerprint density at radius 3 is 2.30 bits per heavy atom. The Balaban J connectivity index is 3.16. The smallest absolute Gasteiger partial charge is 0.0935 e. The Bertz CT molecular complexity index is 386. The highest BCUT2D eigenvalue weighted by atomic mass is 16.3. The van der Waals surface area contributed by atoms with Crippen LogP contribution in [0.1, 0.15) is 32.1 Å². The highest BCUT2D eigenvalue weighted by molar-refractivity contribution is 5.25. The van der Waals surface area contributed by atoms with Crippen molar-refractivity contribution in [3.63, 3.8) is 0 Å². The Kier molecular flexibility index (Phi) is 6.18. The largest absolute Gasteiger partial charge is 0.387 e. The number of rotatable bonds is 9. The first-order valence-corrected chi connectivity index (χ1v) is 7.19. The van der Waals surface area contributed by atoms with E-state index >= 15 is 0 Å². The maximum atomic E-state index is 11.2. The van der Waals surface area contributed by atoms with Gasteiger partial charge in [0.1, 0.15) is 0 Å². The summed E-state index contributed by atoms with van der Waals surface area (Å²) in [5.41, 5.74) is -1.47. The zero-order valence-corrected chi connectivity index (χ0v) is 12.4. The zero-order valence-electron chi connectivity index (χ0n) is 12.4. The molecule has 2 N–H and O–H groups in total. The van der Waals surface area contributed by atoms with Crippen molar-refractivity contribution in [1.29, 1.82) is 0 Å². The number of nitrogens with one attached hydrogen (secondary N) is 1. The molecule has 0 saturated heterocycles. The quantitative estimate of drug-likeness (QED) is 0.628. The fourth-order valence-electron chi connectivity index (χ4n) is 3.02. The van der Waals surface area contributed by atoms with E-state index in [9.17, 15) is 5.11 Å². The van der Waals surface area contributed by atoms with Gasteiger partial charge in [0.15, 0.2) is 0 Å². The Morgan fingerprint density at radius 1 is 1.15 bits per heavy atom. The van der Waals surface area contributed by atoms with E-state index in [1.54, 1.807) is 12.2 Å². The summed E-state index contributed by atoms with van der Waals surface area (Å²) in [7, 11) is 0. The third kappa shape index (κ3) is 3.38. The molecule has 0 saturated carbocycles. The van der Waals surface area contributed by atoms with E-state index in [1.165, 1.54) is 0 Å². The van der Waals surface area contributed by atoms with E-state index < -0.39 is 11.1 Å². The minimum absolute atomic E-state index is 0.290. The lowest BCUT2D eigenvalue weighted by Gasteiger charge is -2.49. The van der Waals surface area contributed by atoms with Crippen molar-refractivity contribution < 1.29 is 5.11 Å². The fraction of sp³-hybridized carbons (Fsp3) is 0.444. The predicted octanol–water partition coefficient (Wildman–Crippen LogP) is 3.68. The topological polar surface area (TPSA) is 32.3 Å². The highest BCUT2D eigenvalue weighted by Gasteiger charge is 2.47. The van der Waals surface area contributed by atoms with Crippen LogP contribution in [0, 0.1) is 0 Å². The monoisotopic (exact) mass is 273 g/mol. The zero-order chi connectivity index (χ0) is 15.1. The van der Waals surface area contributed by atoms with Gasteiger partial charge in [-0.05, 0) is 32.1 Å². The lowest BCUT2D eigenvalue weighted by atomic mass is 9.70. The normalized spacial score (nSPS) is 25.9. The highest BCUT2D eigenvalue weighted by Crippen LogP contribution is 2.37. The third-order valence-electron chi connectivity index (χ3n) is 4.00. The van der Waals surface area contributed by atoms with Gasteiger partial charge in [0.05, 0.1) is 11.1 Å². The van der Waals surface area contributed by atoms with Crippen LogP contribution in [0.4, 0.5) is 0 Å². The molecule has 20 heavy (non-hydrogen) atoms. The van der Waals surface area contributed by atoms with Crippen molar-refractivity contribution >= 4 is 0 Å². The molecule has 0 spiro atoms. The molecule has 110 valence electrons. The van der Waals surface area contributed by atoms with E-state index in [1.807, 2.05) is 12.2 Å². The molecule has 2 heteroatoms. The van der Waals surface area contributed by atoms with Gasteiger partial charge in [-0.2, -0.15) is 0 Å². The van der Waals surface area contributed by atoms with Crippen LogP contribution in [-0.2, 0) is 0 Å². The molecule has 2 atom stereocenters. The lowest BCUT2D eigenvalue weighted by molar-refractivity contribution is -0.0333. The number of aliphatic hydroxyl groups is 1. The summed E-state index contributed by atoms with van der Waals surface area (Å²) in [5.74, 6) is 0. The van der Waals surface area contributed by atoms with Crippen LogP contribution in [0.5, 0.6) is 0 Å². The second-order valence-electron chi connectivity index (χ2n) is 5.49.